The first-order valence-corrected chi connectivity index (χ1v) is 8.26. The molecular weight excluding hydrogens is 338 g/mol. The molecule has 0 bridgehead atoms. The van der Waals surface area contributed by atoms with E-state index in [1.54, 1.807) is 24.3 Å². The monoisotopic (exact) mass is 345 g/mol. The van der Waals surface area contributed by atoms with E-state index < -0.39 is 0 Å². The Balaban J connectivity index is 1.74. The highest BCUT2D eigenvalue weighted by atomic mass is 35.5. The van der Waals surface area contributed by atoms with E-state index in [1.165, 1.54) is 22.7 Å². The lowest BCUT2D eigenvalue weighted by Gasteiger charge is -2.01. The van der Waals surface area contributed by atoms with Gasteiger partial charge in [-0.05, 0) is 36.4 Å². The van der Waals surface area contributed by atoms with Crippen LogP contribution in [-0.4, -0.2) is 10.9 Å². The van der Waals surface area contributed by atoms with Gasteiger partial charge in [-0.2, -0.15) is 5.26 Å². The van der Waals surface area contributed by atoms with Gasteiger partial charge in [-0.1, -0.05) is 11.6 Å². The van der Waals surface area contributed by atoms with Gasteiger partial charge in [0.15, 0.2) is 5.13 Å². The zero-order valence-electron chi connectivity index (χ0n) is 11.0. The first-order chi connectivity index (χ1) is 10.7. The summed E-state index contributed by atoms with van der Waals surface area (Å²) in [6.45, 7) is 0. The van der Waals surface area contributed by atoms with Crippen molar-refractivity contribution < 1.29 is 4.79 Å². The normalized spacial score (nSPS) is 10.2. The molecule has 3 aromatic rings. The SMILES string of the molecule is N#Cc1ccc(C(=O)Nc2nc(-c3ccc(Cl)s3)cs2)cc1. The molecule has 2 heterocycles. The quantitative estimate of drug-likeness (QED) is 0.751. The van der Waals surface area contributed by atoms with E-state index in [9.17, 15) is 4.79 Å². The lowest BCUT2D eigenvalue weighted by Crippen LogP contribution is -2.11. The van der Waals surface area contributed by atoms with Crippen molar-refractivity contribution in [1.82, 2.24) is 4.98 Å². The van der Waals surface area contributed by atoms with Crippen molar-refractivity contribution in [2.45, 2.75) is 0 Å². The van der Waals surface area contributed by atoms with E-state index in [1.807, 2.05) is 23.6 Å². The molecule has 0 saturated carbocycles. The second kappa shape index (κ2) is 6.28. The molecule has 0 aliphatic heterocycles. The first kappa shape index (κ1) is 14.7. The van der Waals surface area contributed by atoms with Crippen LogP contribution in [0.5, 0.6) is 0 Å². The topological polar surface area (TPSA) is 65.8 Å². The van der Waals surface area contributed by atoms with Crippen molar-refractivity contribution in [1.29, 1.82) is 5.26 Å². The predicted octanol–water partition coefficient (Wildman–Crippen LogP) is 4.65. The van der Waals surface area contributed by atoms with Crippen molar-refractivity contribution >= 4 is 45.3 Å². The van der Waals surface area contributed by atoms with Gasteiger partial charge in [0.2, 0.25) is 0 Å². The minimum Gasteiger partial charge on any atom is -0.298 e. The first-order valence-electron chi connectivity index (χ1n) is 6.18. The number of carbonyl (C=O) groups is 1. The van der Waals surface area contributed by atoms with Crippen LogP contribution in [-0.2, 0) is 0 Å². The molecule has 0 unspecified atom stereocenters. The van der Waals surface area contributed by atoms with Gasteiger partial charge in [0.1, 0.15) is 0 Å². The maximum absolute atomic E-state index is 12.1. The molecule has 1 N–H and O–H groups in total. The van der Waals surface area contributed by atoms with Gasteiger partial charge in [0.05, 0.1) is 26.5 Å². The number of thiophene rings is 1. The average molecular weight is 346 g/mol. The number of carbonyl (C=O) groups excluding carboxylic acids is 1. The Hall–Kier alpha value is -2.20. The van der Waals surface area contributed by atoms with Crippen LogP contribution < -0.4 is 5.32 Å². The molecule has 3 rings (SSSR count). The summed E-state index contributed by atoms with van der Waals surface area (Å²) in [6.07, 6.45) is 0. The zero-order valence-corrected chi connectivity index (χ0v) is 13.4. The van der Waals surface area contributed by atoms with E-state index in [4.69, 9.17) is 16.9 Å². The van der Waals surface area contributed by atoms with Crippen molar-refractivity contribution in [3.8, 4) is 16.6 Å². The minimum absolute atomic E-state index is 0.255. The Morgan fingerprint density at radius 1 is 1.23 bits per heavy atom. The lowest BCUT2D eigenvalue weighted by molar-refractivity contribution is 0.102. The van der Waals surface area contributed by atoms with Crippen molar-refractivity contribution in [3.63, 3.8) is 0 Å². The second-order valence-electron chi connectivity index (χ2n) is 4.28. The van der Waals surface area contributed by atoms with Crippen LogP contribution >= 0.6 is 34.3 Å². The Labute approximate surface area is 139 Å². The number of amides is 1. The lowest BCUT2D eigenvalue weighted by atomic mass is 10.1. The molecule has 0 radical (unpaired) electrons. The predicted molar refractivity (Wildman–Crippen MR) is 89.5 cm³/mol. The molecule has 0 aliphatic rings. The average Bonchev–Trinajstić information content (AvgIpc) is 3.16. The summed E-state index contributed by atoms with van der Waals surface area (Å²) in [5.41, 5.74) is 1.79. The van der Waals surface area contributed by atoms with Crippen molar-refractivity contribution in [2.75, 3.05) is 5.32 Å². The van der Waals surface area contributed by atoms with E-state index in [-0.39, 0.29) is 5.91 Å². The molecule has 1 aromatic carbocycles. The van der Waals surface area contributed by atoms with Gasteiger partial charge in [-0.25, -0.2) is 4.98 Å². The Morgan fingerprint density at radius 2 is 2.00 bits per heavy atom. The number of halogens is 1. The fourth-order valence-electron chi connectivity index (χ4n) is 1.76. The summed E-state index contributed by atoms with van der Waals surface area (Å²) in [6, 6.07) is 12.2. The maximum Gasteiger partial charge on any atom is 0.257 e. The number of anilines is 1. The van der Waals surface area contributed by atoms with E-state index in [0.29, 0.717) is 20.6 Å². The molecule has 22 heavy (non-hydrogen) atoms. The third kappa shape index (κ3) is 3.17. The molecule has 108 valence electrons. The van der Waals surface area contributed by atoms with Crippen LogP contribution in [0.3, 0.4) is 0 Å². The summed E-state index contributed by atoms with van der Waals surface area (Å²) in [7, 11) is 0. The molecular formula is C15H8ClN3OS2. The standard InChI is InChI=1S/C15H8ClN3OS2/c16-13-6-5-12(22-13)11-8-21-15(18-11)19-14(20)10-3-1-9(7-17)2-4-10/h1-6,8H,(H,18,19,20). The minimum atomic E-state index is -0.255. The van der Waals surface area contributed by atoms with Crippen molar-refractivity contribution in [2.24, 2.45) is 0 Å². The highest BCUT2D eigenvalue weighted by Crippen LogP contribution is 2.32. The van der Waals surface area contributed by atoms with Gasteiger partial charge >= 0.3 is 0 Å². The molecule has 7 heteroatoms. The molecule has 1 amide bonds. The van der Waals surface area contributed by atoms with E-state index >= 15 is 0 Å². The van der Waals surface area contributed by atoms with Gasteiger partial charge in [0, 0.05) is 10.9 Å². The number of thiazole rings is 1. The fourth-order valence-corrected chi connectivity index (χ4v) is 3.55. The van der Waals surface area contributed by atoms with Gasteiger partial charge in [-0.15, -0.1) is 22.7 Å². The fraction of sp³-hybridized carbons (Fsp3) is 0. The van der Waals surface area contributed by atoms with Gasteiger partial charge in [0.25, 0.3) is 5.91 Å². The highest BCUT2D eigenvalue weighted by molar-refractivity contribution is 7.20. The maximum atomic E-state index is 12.1. The Bertz CT molecular complexity index is 862. The number of benzene rings is 1. The summed E-state index contributed by atoms with van der Waals surface area (Å²) < 4.78 is 0.700. The number of nitrogens with zero attached hydrogens (tertiary/aromatic N) is 2. The molecule has 2 aromatic heterocycles. The number of rotatable bonds is 3. The number of hydrogen-bond donors (Lipinski definition) is 1. The zero-order chi connectivity index (χ0) is 15.5. The third-order valence-corrected chi connectivity index (χ3v) is 4.84. The summed E-state index contributed by atoms with van der Waals surface area (Å²) >= 11 is 8.70. The summed E-state index contributed by atoms with van der Waals surface area (Å²) in [4.78, 5) is 17.5. The number of nitriles is 1. The molecule has 4 nitrogen and oxygen atoms in total. The molecule has 0 saturated heterocycles. The van der Waals surface area contributed by atoms with Crippen LogP contribution in [0.2, 0.25) is 4.34 Å². The van der Waals surface area contributed by atoms with Crippen LogP contribution in [0.4, 0.5) is 5.13 Å². The van der Waals surface area contributed by atoms with E-state index in [0.717, 1.165) is 10.6 Å². The van der Waals surface area contributed by atoms with Crippen LogP contribution in [0.25, 0.3) is 10.6 Å². The van der Waals surface area contributed by atoms with Crippen LogP contribution in [0.15, 0.2) is 41.8 Å². The molecule has 0 spiro atoms. The van der Waals surface area contributed by atoms with Crippen molar-refractivity contribution in [3.05, 3.63) is 57.2 Å². The number of aromatic nitrogens is 1. The second-order valence-corrected chi connectivity index (χ2v) is 6.86. The third-order valence-electron chi connectivity index (χ3n) is 2.83. The van der Waals surface area contributed by atoms with E-state index in [2.05, 4.69) is 10.3 Å². The molecule has 0 aliphatic carbocycles. The Kier molecular flexibility index (Phi) is 4.20. The van der Waals surface area contributed by atoms with Crippen LogP contribution in [0.1, 0.15) is 15.9 Å². The van der Waals surface area contributed by atoms with Gasteiger partial charge < -0.3 is 0 Å². The Morgan fingerprint density at radius 3 is 2.64 bits per heavy atom. The molecule has 0 fully saturated rings. The molecule has 0 atom stereocenters. The summed E-state index contributed by atoms with van der Waals surface area (Å²) in [5.74, 6) is -0.255. The number of nitrogens with one attached hydrogen (secondary N) is 1. The smallest absolute Gasteiger partial charge is 0.257 e. The highest BCUT2D eigenvalue weighted by Gasteiger charge is 2.11. The van der Waals surface area contributed by atoms with Gasteiger partial charge in [-0.3, -0.25) is 10.1 Å². The number of hydrogen-bond acceptors (Lipinski definition) is 5. The largest absolute Gasteiger partial charge is 0.298 e. The summed E-state index contributed by atoms with van der Waals surface area (Å²) in [5, 5.41) is 13.9. The van der Waals surface area contributed by atoms with Crippen LogP contribution in [0, 0.1) is 11.3 Å².